The lowest BCUT2D eigenvalue weighted by molar-refractivity contribution is 0.567. The lowest BCUT2D eigenvalue weighted by Crippen LogP contribution is -2.28. The van der Waals surface area contributed by atoms with Crippen molar-refractivity contribution in [1.29, 1.82) is 5.26 Å². The molecule has 0 radical (unpaired) electrons. The minimum absolute atomic E-state index is 0.117. The summed E-state index contributed by atoms with van der Waals surface area (Å²) in [6.07, 6.45) is 0. The van der Waals surface area contributed by atoms with Gasteiger partial charge in [0.2, 0.25) is 10.0 Å². The zero-order chi connectivity index (χ0) is 17.9. The van der Waals surface area contributed by atoms with Crippen LogP contribution in [-0.4, -0.2) is 8.42 Å². The van der Waals surface area contributed by atoms with Crippen LogP contribution in [0.1, 0.15) is 29.7 Å². The van der Waals surface area contributed by atoms with Crippen LogP contribution >= 0.6 is 0 Å². The number of fused-ring (bicyclic) bond motifs is 1. The second-order valence-electron chi connectivity index (χ2n) is 5.98. The van der Waals surface area contributed by atoms with Gasteiger partial charge in [0, 0.05) is 6.04 Å². The molecule has 0 aliphatic heterocycles. The van der Waals surface area contributed by atoms with Gasteiger partial charge in [0.25, 0.3) is 0 Å². The van der Waals surface area contributed by atoms with Crippen LogP contribution in [0.4, 0.5) is 0 Å². The molecule has 3 aromatic carbocycles. The first-order valence-electron chi connectivity index (χ1n) is 7.95. The van der Waals surface area contributed by atoms with Crippen molar-refractivity contribution < 1.29 is 8.42 Å². The van der Waals surface area contributed by atoms with Gasteiger partial charge in [-0.15, -0.1) is 0 Å². The van der Waals surface area contributed by atoms with Crippen LogP contribution in [-0.2, 0) is 15.8 Å². The van der Waals surface area contributed by atoms with E-state index in [2.05, 4.69) is 4.72 Å². The van der Waals surface area contributed by atoms with E-state index in [4.69, 9.17) is 5.26 Å². The Kier molecular flexibility index (Phi) is 4.84. The van der Waals surface area contributed by atoms with Gasteiger partial charge in [-0.25, -0.2) is 13.1 Å². The number of rotatable bonds is 5. The fraction of sp³-hybridized carbons (Fsp3) is 0.150. The molecule has 4 nitrogen and oxygen atoms in total. The maximum Gasteiger partial charge on any atom is 0.216 e. The Hall–Kier alpha value is -2.68. The third-order valence-corrected chi connectivity index (χ3v) is 5.51. The number of sulfonamides is 1. The third-order valence-electron chi connectivity index (χ3n) is 4.09. The zero-order valence-corrected chi connectivity index (χ0v) is 14.6. The van der Waals surface area contributed by atoms with Crippen LogP contribution in [0.25, 0.3) is 10.8 Å². The average molecular weight is 350 g/mol. The van der Waals surface area contributed by atoms with E-state index in [1.54, 1.807) is 24.3 Å². The molecule has 0 saturated heterocycles. The SMILES string of the molecule is C[C@@H](NS(=O)(=O)Cc1ccc(C#N)cc1)c1cccc2ccccc12. The molecule has 0 bridgehead atoms. The molecule has 0 heterocycles. The molecule has 3 aromatic rings. The molecule has 0 spiro atoms. The lowest BCUT2D eigenvalue weighted by Gasteiger charge is -2.17. The molecule has 0 fully saturated rings. The Morgan fingerprint density at radius 2 is 1.68 bits per heavy atom. The maximum atomic E-state index is 12.5. The molecule has 0 amide bonds. The Bertz CT molecular complexity index is 1030. The maximum absolute atomic E-state index is 12.5. The van der Waals surface area contributed by atoms with Gasteiger partial charge in [-0.3, -0.25) is 0 Å². The van der Waals surface area contributed by atoms with Crippen LogP contribution in [0.3, 0.4) is 0 Å². The highest BCUT2D eigenvalue weighted by Crippen LogP contribution is 2.24. The highest BCUT2D eigenvalue weighted by atomic mass is 32.2. The van der Waals surface area contributed by atoms with E-state index in [0.717, 1.165) is 16.3 Å². The van der Waals surface area contributed by atoms with Gasteiger partial charge >= 0.3 is 0 Å². The Balaban J connectivity index is 1.80. The number of hydrogen-bond donors (Lipinski definition) is 1. The van der Waals surface area contributed by atoms with E-state index in [1.165, 1.54) is 0 Å². The monoisotopic (exact) mass is 350 g/mol. The van der Waals surface area contributed by atoms with E-state index >= 15 is 0 Å². The van der Waals surface area contributed by atoms with Crippen molar-refractivity contribution in [3.05, 3.63) is 83.4 Å². The van der Waals surface area contributed by atoms with Crippen LogP contribution in [0, 0.1) is 11.3 Å². The molecule has 0 unspecified atom stereocenters. The second-order valence-corrected chi connectivity index (χ2v) is 7.73. The lowest BCUT2D eigenvalue weighted by atomic mass is 10.0. The predicted octanol–water partition coefficient (Wildman–Crippen LogP) is 3.89. The average Bonchev–Trinajstić information content (AvgIpc) is 2.61. The van der Waals surface area contributed by atoms with Gasteiger partial charge in [0.05, 0.1) is 17.4 Å². The smallest absolute Gasteiger partial charge is 0.212 e. The van der Waals surface area contributed by atoms with Gasteiger partial charge in [-0.2, -0.15) is 5.26 Å². The van der Waals surface area contributed by atoms with Gasteiger partial charge in [0.1, 0.15) is 0 Å². The van der Waals surface area contributed by atoms with Gasteiger partial charge in [-0.1, -0.05) is 54.6 Å². The van der Waals surface area contributed by atoms with Crippen molar-refractivity contribution in [3.8, 4) is 6.07 Å². The minimum Gasteiger partial charge on any atom is -0.212 e. The van der Waals surface area contributed by atoms with E-state index in [1.807, 2.05) is 55.5 Å². The molecular formula is C20H18N2O2S. The summed E-state index contributed by atoms with van der Waals surface area (Å²) in [7, 11) is -3.50. The van der Waals surface area contributed by atoms with Crippen LogP contribution in [0.5, 0.6) is 0 Å². The molecule has 0 saturated carbocycles. The van der Waals surface area contributed by atoms with E-state index in [-0.39, 0.29) is 11.8 Å². The Morgan fingerprint density at radius 3 is 2.40 bits per heavy atom. The molecule has 0 aromatic heterocycles. The quantitative estimate of drug-likeness (QED) is 0.759. The molecule has 1 atom stereocenters. The van der Waals surface area contributed by atoms with Crippen LogP contribution in [0.2, 0.25) is 0 Å². The second kappa shape index (κ2) is 7.06. The normalized spacial score (nSPS) is 12.6. The highest BCUT2D eigenvalue weighted by molar-refractivity contribution is 7.88. The summed E-state index contributed by atoms with van der Waals surface area (Å²) >= 11 is 0. The third kappa shape index (κ3) is 4.05. The first-order chi connectivity index (χ1) is 12.0. The number of hydrogen-bond acceptors (Lipinski definition) is 3. The summed E-state index contributed by atoms with van der Waals surface area (Å²) in [5.41, 5.74) is 2.11. The first kappa shape index (κ1) is 17.2. The number of nitrogens with one attached hydrogen (secondary N) is 1. The summed E-state index contributed by atoms with van der Waals surface area (Å²) in [5, 5.41) is 10.9. The topological polar surface area (TPSA) is 70.0 Å². The molecule has 0 aliphatic rings. The van der Waals surface area contributed by atoms with Crippen molar-refractivity contribution in [1.82, 2.24) is 4.72 Å². The molecule has 25 heavy (non-hydrogen) atoms. The highest BCUT2D eigenvalue weighted by Gasteiger charge is 2.18. The van der Waals surface area contributed by atoms with Crippen LogP contribution < -0.4 is 4.72 Å². The molecule has 3 rings (SSSR count). The van der Waals surface area contributed by atoms with Crippen molar-refractivity contribution in [2.75, 3.05) is 0 Å². The molecular weight excluding hydrogens is 332 g/mol. The number of nitriles is 1. The van der Waals surface area contributed by atoms with Gasteiger partial charge in [-0.05, 0) is 41.0 Å². The van der Waals surface area contributed by atoms with Gasteiger partial charge < -0.3 is 0 Å². The largest absolute Gasteiger partial charge is 0.216 e. The zero-order valence-electron chi connectivity index (χ0n) is 13.8. The fourth-order valence-electron chi connectivity index (χ4n) is 2.90. The molecule has 126 valence electrons. The minimum atomic E-state index is -3.50. The number of benzene rings is 3. The van der Waals surface area contributed by atoms with E-state index in [9.17, 15) is 8.42 Å². The molecule has 1 N–H and O–H groups in total. The van der Waals surface area contributed by atoms with Crippen molar-refractivity contribution >= 4 is 20.8 Å². The fourth-order valence-corrected chi connectivity index (χ4v) is 4.28. The van der Waals surface area contributed by atoms with Crippen LogP contribution in [0.15, 0.2) is 66.7 Å². The standard InChI is InChI=1S/C20H18N2O2S/c1-15(19-8-4-6-18-5-2-3-7-20(18)19)22-25(23,24)14-17-11-9-16(13-21)10-12-17/h2-12,15,22H,14H2,1H3/t15-/m1/s1. The number of nitrogens with zero attached hydrogens (tertiary/aromatic N) is 1. The van der Waals surface area contributed by atoms with E-state index < -0.39 is 10.0 Å². The Labute approximate surface area is 147 Å². The van der Waals surface area contributed by atoms with Crippen molar-refractivity contribution in [3.63, 3.8) is 0 Å². The summed E-state index contributed by atoms with van der Waals surface area (Å²) in [6, 6.07) is 22.1. The summed E-state index contributed by atoms with van der Waals surface area (Å²) in [4.78, 5) is 0. The van der Waals surface area contributed by atoms with Gasteiger partial charge in [0.15, 0.2) is 0 Å². The molecule has 0 aliphatic carbocycles. The summed E-state index contributed by atoms with van der Waals surface area (Å²) in [6.45, 7) is 1.85. The first-order valence-corrected chi connectivity index (χ1v) is 9.60. The predicted molar refractivity (Wildman–Crippen MR) is 99.3 cm³/mol. The van der Waals surface area contributed by atoms with Crippen molar-refractivity contribution in [2.45, 2.75) is 18.7 Å². The summed E-state index contributed by atoms with van der Waals surface area (Å²) in [5.74, 6) is -0.117. The Morgan fingerprint density at radius 1 is 1.00 bits per heavy atom. The van der Waals surface area contributed by atoms with E-state index in [0.29, 0.717) is 11.1 Å². The summed E-state index contributed by atoms with van der Waals surface area (Å²) < 4.78 is 27.7. The van der Waals surface area contributed by atoms with Crippen molar-refractivity contribution in [2.24, 2.45) is 0 Å². The molecule has 5 heteroatoms.